The highest BCUT2D eigenvalue weighted by atomic mass is 32.1. The molecule has 1 fully saturated rings. The third-order valence-corrected chi connectivity index (χ3v) is 5.33. The molecular weight excluding hydrogens is 322 g/mol. The normalized spacial score (nSPS) is 18.5. The highest BCUT2D eigenvalue weighted by molar-refractivity contribution is 7.10. The van der Waals surface area contributed by atoms with Gasteiger partial charge in [0.2, 0.25) is 0 Å². The first-order chi connectivity index (χ1) is 11.9. The number of anilines is 1. The predicted molar refractivity (Wildman–Crippen MR) is 94.5 cm³/mol. The summed E-state index contributed by atoms with van der Waals surface area (Å²) in [5, 5.41) is 3.11. The standard InChI is InChI=1S/C18H15N3O2S/c1-2-5-13-12(4-1)16-17(23-13)18(20-11-19-16)21-7-8-22-14(10-21)15-6-3-9-24-15/h1-6,9,11,14H,7-8,10H2. The third kappa shape index (κ3) is 2.18. The average molecular weight is 337 g/mol. The van der Waals surface area contributed by atoms with Crippen LogP contribution in [0.2, 0.25) is 0 Å². The van der Waals surface area contributed by atoms with Gasteiger partial charge in [-0.15, -0.1) is 11.3 Å². The summed E-state index contributed by atoms with van der Waals surface area (Å²) in [6, 6.07) is 12.2. The molecule has 5 nitrogen and oxygen atoms in total. The summed E-state index contributed by atoms with van der Waals surface area (Å²) in [4.78, 5) is 12.4. The van der Waals surface area contributed by atoms with E-state index in [1.807, 2.05) is 24.3 Å². The van der Waals surface area contributed by atoms with Crippen LogP contribution in [-0.2, 0) is 4.74 Å². The van der Waals surface area contributed by atoms with Crippen molar-refractivity contribution in [1.82, 2.24) is 9.97 Å². The first kappa shape index (κ1) is 13.9. The lowest BCUT2D eigenvalue weighted by atomic mass is 10.2. The van der Waals surface area contributed by atoms with E-state index in [9.17, 15) is 0 Å². The summed E-state index contributed by atoms with van der Waals surface area (Å²) >= 11 is 1.73. The lowest BCUT2D eigenvalue weighted by molar-refractivity contribution is 0.0419. The van der Waals surface area contributed by atoms with Crippen LogP contribution in [0.15, 0.2) is 52.5 Å². The van der Waals surface area contributed by atoms with Crippen molar-refractivity contribution in [1.29, 1.82) is 0 Å². The van der Waals surface area contributed by atoms with Gasteiger partial charge in [0.1, 0.15) is 23.5 Å². The van der Waals surface area contributed by atoms with Crippen molar-refractivity contribution < 1.29 is 9.15 Å². The molecule has 0 N–H and O–H groups in total. The van der Waals surface area contributed by atoms with Gasteiger partial charge in [-0.3, -0.25) is 0 Å². The summed E-state index contributed by atoms with van der Waals surface area (Å²) in [5.41, 5.74) is 2.47. The Balaban J connectivity index is 1.58. The molecule has 0 spiro atoms. The smallest absolute Gasteiger partial charge is 0.196 e. The number of hydrogen-bond donors (Lipinski definition) is 0. The van der Waals surface area contributed by atoms with E-state index in [0.29, 0.717) is 6.61 Å². The van der Waals surface area contributed by atoms with Crippen molar-refractivity contribution in [2.45, 2.75) is 6.10 Å². The van der Waals surface area contributed by atoms with Gasteiger partial charge in [0.05, 0.1) is 13.2 Å². The number of para-hydroxylation sites is 1. The number of nitrogens with zero attached hydrogens (tertiary/aromatic N) is 3. The van der Waals surface area contributed by atoms with Crippen LogP contribution in [-0.4, -0.2) is 29.7 Å². The quantitative estimate of drug-likeness (QED) is 0.553. The van der Waals surface area contributed by atoms with Gasteiger partial charge in [-0.1, -0.05) is 18.2 Å². The van der Waals surface area contributed by atoms with Crippen LogP contribution in [0.25, 0.3) is 22.1 Å². The molecule has 0 amide bonds. The Morgan fingerprint density at radius 2 is 2.08 bits per heavy atom. The lowest BCUT2D eigenvalue weighted by Gasteiger charge is -2.33. The minimum Gasteiger partial charge on any atom is -0.450 e. The fourth-order valence-electron chi connectivity index (χ4n) is 3.23. The van der Waals surface area contributed by atoms with Gasteiger partial charge in [0.15, 0.2) is 11.4 Å². The Bertz CT molecular complexity index is 996. The zero-order valence-electron chi connectivity index (χ0n) is 12.9. The Labute approximate surface area is 142 Å². The number of morpholine rings is 1. The SMILES string of the molecule is c1csc(C2CN(c3ncnc4c3oc3ccccc34)CCO2)c1. The van der Waals surface area contributed by atoms with Crippen LogP contribution < -0.4 is 4.90 Å². The Hall–Kier alpha value is -2.44. The number of thiophene rings is 1. The van der Waals surface area contributed by atoms with Crippen molar-refractivity contribution in [2.75, 3.05) is 24.6 Å². The average Bonchev–Trinajstić information content (AvgIpc) is 3.29. The highest BCUT2D eigenvalue weighted by Gasteiger charge is 2.26. The summed E-state index contributed by atoms with van der Waals surface area (Å²) < 4.78 is 12.0. The third-order valence-electron chi connectivity index (χ3n) is 4.37. The number of benzene rings is 1. The molecule has 3 aromatic heterocycles. The molecule has 0 radical (unpaired) electrons. The van der Waals surface area contributed by atoms with Crippen molar-refractivity contribution in [3.63, 3.8) is 0 Å². The largest absolute Gasteiger partial charge is 0.450 e. The van der Waals surface area contributed by atoms with E-state index in [0.717, 1.165) is 41.0 Å². The van der Waals surface area contributed by atoms with Crippen molar-refractivity contribution in [3.8, 4) is 0 Å². The summed E-state index contributed by atoms with van der Waals surface area (Å²) in [5.74, 6) is 0.848. The van der Waals surface area contributed by atoms with Gasteiger partial charge in [-0.25, -0.2) is 9.97 Å². The summed E-state index contributed by atoms with van der Waals surface area (Å²) in [6.45, 7) is 2.24. The van der Waals surface area contributed by atoms with E-state index in [-0.39, 0.29) is 6.10 Å². The van der Waals surface area contributed by atoms with Gasteiger partial charge >= 0.3 is 0 Å². The summed E-state index contributed by atoms with van der Waals surface area (Å²) in [6.07, 6.45) is 1.70. The molecule has 24 heavy (non-hydrogen) atoms. The van der Waals surface area contributed by atoms with Gasteiger partial charge in [-0.2, -0.15) is 0 Å². The van der Waals surface area contributed by atoms with Crippen molar-refractivity contribution in [2.24, 2.45) is 0 Å². The zero-order chi connectivity index (χ0) is 15.9. The maximum absolute atomic E-state index is 6.06. The fourth-order valence-corrected chi connectivity index (χ4v) is 3.99. The number of rotatable bonds is 2. The first-order valence-corrected chi connectivity index (χ1v) is 8.80. The van der Waals surface area contributed by atoms with E-state index in [2.05, 4.69) is 32.4 Å². The molecule has 120 valence electrons. The first-order valence-electron chi connectivity index (χ1n) is 7.92. The van der Waals surface area contributed by atoms with Crippen LogP contribution in [0.5, 0.6) is 0 Å². The van der Waals surface area contributed by atoms with Crippen LogP contribution in [0.3, 0.4) is 0 Å². The van der Waals surface area contributed by atoms with E-state index in [4.69, 9.17) is 9.15 Å². The zero-order valence-corrected chi connectivity index (χ0v) is 13.7. The molecule has 1 aliphatic heterocycles. The lowest BCUT2D eigenvalue weighted by Crippen LogP contribution is -2.38. The molecule has 0 aliphatic carbocycles. The molecular formula is C18H15N3O2S. The van der Waals surface area contributed by atoms with E-state index < -0.39 is 0 Å². The molecule has 0 saturated carbocycles. The van der Waals surface area contributed by atoms with Crippen LogP contribution >= 0.6 is 11.3 Å². The molecule has 1 saturated heterocycles. The van der Waals surface area contributed by atoms with Gasteiger partial charge in [0, 0.05) is 16.8 Å². The Kier molecular flexibility index (Phi) is 3.24. The Morgan fingerprint density at radius 1 is 1.12 bits per heavy atom. The summed E-state index contributed by atoms with van der Waals surface area (Å²) in [7, 11) is 0. The molecule has 1 unspecified atom stereocenters. The molecule has 1 aliphatic rings. The van der Waals surface area contributed by atoms with E-state index in [1.54, 1.807) is 17.7 Å². The van der Waals surface area contributed by atoms with Crippen LogP contribution in [0.4, 0.5) is 5.82 Å². The number of ether oxygens (including phenoxy) is 1. The molecule has 5 rings (SSSR count). The number of fused-ring (bicyclic) bond motifs is 3. The predicted octanol–water partition coefficient (Wildman–Crippen LogP) is 4.02. The minimum atomic E-state index is 0.0770. The number of furan rings is 1. The monoisotopic (exact) mass is 337 g/mol. The fraction of sp³-hybridized carbons (Fsp3) is 0.222. The number of hydrogen-bond acceptors (Lipinski definition) is 6. The second kappa shape index (κ2) is 5.58. The number of aromatic nitrogens is 2. The minimum absolute atomic E-state index is 0.0770. The molecule has 0 bridgehead atoms. The second-order valence-corrected chi connectivity index (χ2v) is 6.77. The topological polar surface area (TPSA) is 51.4 Å². The van der Waals surface area contributed by atoms with Crippen LogP contribution in [0, 0.1) is 0 Å². The highest BCUT2D eigenvalue weighted by Crippen LogP contribution is 2.34. The van der Waals surface area contributed by atoms with Gasteiger partial charge < -0.3 is 14.1 Å². The molecule has 4 heterocycles. The van der Waals surface area contributed by atoms with Crippen molar-refractivity contribution in [3.05, 3.63) is 53.0 Å². The van der Waals surface area contributed by atoms with Gasteiger partial charge in [0.25, 0.3) is 0 Å². The van der Waals surface area contributed by atoms with E-state index in [1.165, 1.54) is 4.88 Å². The van der Waals surface area contributed by atoms with E-state index >= 15 is 0 Å². The maximum Gasteiger partial charge on any atom is 0.196 e. The second-order valence-electron chi connectivity index (χ2n) is 5.79. The maximum atomic E-state index is 6.06. The van der Waals surface area contributed by atoms with Crippen molar-refractivity contribution >= 4 is 39.2 Å². The van der Waals surface area contributed by atoms with Gasteiger partial charge in [-0.05, 0) is 23.6 Å². The molecule has 1 aromatic carbocycles. The molecule has 1 atom stereocenters. The molecule has 4 aromatic rings. The molecule has 6 heteroatoms. The Morgan fingerprint density at radius 3 is 3.00 bits per heavy atom. The van der Waals surface area contributed by atoms with Crippen LogP contribution in [0.1, 0.15) is 11.0 Å².